The summed E-state index contributed by atoms with van der Waals surface area (Å²) in [7, 11) is 1.89. The van der Waals surface area contributed by atoms with Crippen LogP contribution in [0.1, 0.15) is 48.9 Å². The lowest BCUT2D eigenvalue weighted by Crippen LogP contribution is -2.33. The van der Waals surface area contributed by atoms with E-state index < -0.39 is 0 Å². The van der Waals surface area contributed by atoms with Crippen LogP contribution in [0.2, 0.25) is 0 Å². The van der Waals surface area contributed by atoms with Crippen LogP contribution in [0, 0.1) is 0 Å². The second-order valence-electron chi connectivity index (χ2n) is 10.2. The number of ether oxygens (including phenoxy) is 1. The van der Waals surface area contributed by atoms with E-state index in [9.17, 15) is 14.4 Å². The van der Waals surface area contributed by atoms with Gasteiger partial charge in [-0.3, -0.25) is 14.4 Å². The monoisotopic (exact) mass is 566 g/mol. The van der Waals surface area contributed by atoms with Crippen molar-refractivity contribution in [3.05, 3.63) is 94.5 Å². The molecule has 0 radical (unpaired) electrons. The standard InChI is InChI=1S/C32H30N4O4S/c1-35(17-18-40-27-11-5-2-7-22(27)20-37)29-12-6-9-25(34-29)32(39)36-16-15-21-19-28(31(38)33-23-13-14-23)41-30(21)24-8-3-4-10-26(24)36/h2-12,19-20,23H,13-18H2,1H3,(H,33,38). The Morgan fingerprint density at radius 3 is 2.73 bits per heavy atom. The summed E-state index contributed by atoms with van der Waals surface area (Å²) in [6, 6.07) is 22.7. The van der Waals surface area contributed by atoms with Crippen molar-refractivity contribution in [2.24, 2.45) is 0 Å². The van der Waals surface area contributed by atoms with Gasteiger partial charge in [-0.2, -0.15) is 0 Å². The van der Waals surface area contributed by atoms with Crippen LogP contribution in [-0.4, -0.2) is 55.9 Å². The fourth-order valence-electron chi connectivity index (χ4n) is 4.91. The van der Waals surface area contributed by atoms with Crippen LogP contribution < -0.4 is 19.9 Å². The Labute approximate surface area is 242 Å². The van der Waals surface area contributed by atoms with Gasteiger partial charge in [0.1, 0.15) is 23.9 Å². The minimum absolute atomic E-state index is 0.0144. The average Bonchev–Trinajstić information content (AvgIpc) is 3.75. The first kappa shape index (κ1) is 26.7. The molecule has 1 aliphatic heterocycles. The van der Waals surface area contributed by atoms with Crippen LogP contribution in [0.15, 0.2) is 72.8 Å². The molecular weight excluding hydrogens is 536 g/mol. The number of thiophene rings is 1. The third kappa shape index (κ3) is 5.71. The molecule has 2 aromatic heterocycles. The second kappa shape index (κ2) is 11.5. The van der Waals surface area contributed by atoms with Gasteiger partial charge in [-0.15, -0.1) is 11.3 Å². The molecule has 0 bridgehead atoms. The molecule has 9 heteroatoms. The molecule has 1 aliphatic carbocycles. The normalized spacial score (nSPS) is 13.9. The number of carbonyl (C=O) groups is 3. The van der Waals surface area contributed by atoms with E-state index in [0.717, 1.165) is 40.8 Å². The Hall–Kier alpha value is -4.50. The zero-order chi connectivity index (χ0) is 28.3. The van der Waals surface area contributed by atoms with Gasteiger partial charge in [0.05, 0.1) is 22.7 Å². The van der Waals surface area contributed by atoms with E-state index in [-0.39, 0.29) is 11.8 Å². The van der Waals surface area contributed by atoms with Crippen LogP contribution >= 0.6 is 11.3 Å². The van der Waals surface area contributed by atoms with Crippen LogP contribution in [0.3, 0.4) is 0 Å². The molecule has 4 aromatic rings. The molecule has 0 spiro atoms. The molecule has 0 atom stereocenters. The highest BCUT2D eigenvalue weighted by molar-refractivity contribution is 7.17. The lowest BCUT2D eigenvalue weighted by molar-refractivity contribution is 0.0952. The molecule has 2 amide bonds. The van der Waals surface area contributed by atoms with E-state index >= 15 is 0 Å². The first-order valence-corrected chi connectivity index (χ1v) is 14.5. The zero-order valence-corrected chi connectivity index (χ0v) is 23.5. The fourth-order valence-corrected chi connectivity index (χ4v) is 6.06. The van der Waals surface area contributed by atoms with E-state index in [1.165, 1.54) is 11.3 Å². The number of para-hydroxylation sites is 2. The van der Waals surface area contributed by atoms with Crippen molar-refractivity contribution in [1.29, 1.82) is 0 Å². The average molecular weight is 567 g/mol. The van der Waals surface area contributed by atoms with Crippen molar-refractivity contribution in [2.75, 3.05) is 36.5 Å². The summed E-state index contributed by atoms with van der Waals surface area (Å²) in [4.78, 5) is 48.0. The molecule has 2 aromatic carbocycles. The van der Waals surface area contributed by atoms with Crippen molar-refractivity contribution in [2.45, 2.75) is 25.3 Å². The molecule has 6 rings (SSSR count). The maximum atomic E-state index is 13.9. The van der Waals surface area contributed by atoms with Gasteiger partial charge in [0.15, 0.2) is 6.29 Å². The van der Waals surface area contributed by atoms with Gasteiger partial charge < -0.3 is 19.9 Å². The zero-order valence-electron chi connectivity index (χ0n) is 22.7. The SMILES string of the molecule is CN(CCOc1ccccc1C=O)c1cccc(C(=O)N2CCc3cc(C(=O)NC4CC4)sc3-c3ccccc32)n1. The molecular formula is C32H30N4O4S. The summed E-state index contributed by atoms with van der Waals surface area (Å²) in [5.41, 5.74) is 3.70. The summed E-state index contributed by atoms with van der Waals surface area (Å²) in [5, 5.41) is 3.08. The minimum atomic E-state index is -0.175. The number of amides is 2. The number of hydrogen-bond acceptors (Lipinski definition) is 7. The Morgan fingerprint density at radius 1 is 1.10 bits per heavy atom. The van der Waals surface area contributed by atoms with Crippen molar-refractivity contribution >= 4 is 40.9 Å². The molecule has 1 fully saturated rings. The smallest absolute Gasteiger partial charge is 0.276 e. The molecule has 0 unspecified atom stereocenters. The molecule has 0 saturated heterocycles. The van der Waals surface area contributed by atoms with Crippen molar-refractivity contribution in [3.8, 4) is 16.2 Å². The maximum absolute atomic E-state index is 13.9. The van der Waals surface area contributed by atoms with Crippen LogP contribution in [0.5, 0.6) is 5.75 Å². The predicted molar refractivity (Wildman–Crippen MR) is 160 cm³/mol. The highest BCUT2D eigenvalue weighted by Gasteiger charge is 2.29. The largest absolute Gasteiger partial charge is 0.491 e. The van der Waals surface area contributed by atoms with Crippen LogP contribution in [0.4, 0.5) is 11.5 Å². The Balaban J connectivity index is 1.18. The Kier molecular flexibility index (Phi) is 7.52. The van der Waals surface area contributed by atoms with Crippen molar-refractivity contribution in [3.63, 3.8) is 0 Å². The highest BCUT2D eigenvalue weighted by atomic mass is 32.1. The van der Waals surface area contributed by atoms with Gasteiger partial charge in [-0.1, -0.05) is 36.4 Å². The minimum Gasteiger partial charge on any atom is -0.491 e. The van der Waals surface area contributed by atoms with Crippen LogP contribution in [-0.2, 0) is 6.42 Å². The molecule has 1 N–H and O–H groups in total. The second-order valence-corrected chi connectivity index (χ2v) is 11.3. The Bertz CT molecular complexity index is 1610. The van der Waals surface area contributed by atoms with E-state index in [1.54, 1.807) is 29.2 Å². The van der Waals surface area contributed by atoms with E-state index in [0.29, 0.717) is 59.9 Å². The maximum Gasteiger partial charge on any atom is 0.276 e. The first-order chi connectivity index (χ1) is 20.0. The van der Waals surface area contributed by atoms with Gasteiger partial charge in [0, 0.05) is 30.1 Å². The summed E-state index contributed by atoms with van der Waals surface area (Å²) in [6.07, 6.45) is 3.51. The number of likely N-dealkylation sites (N-methyl/N-ethyl adjacent to an activating group) is 1. The van der Waals surface area contributed by atoms with Gasteiger partial charge in [-0.05, 0) is 61.2 Å². The number of fused-ring (bicyclic) bond motifs is 3. The number of nitrogens with zero attached hydrogens (tertiary/aromatic N) is 3. The third-order valence-corrected chi connectivity index (χ3v) is 8.52. The van der Waals surface area contributed by atoms with Crippen molar-refractivity contribution in [1.82, 2.24) is 10.3 Å². The number of hydrogen-bond donors (Lipinski definition) is 1. The lowest BCUT2D eigenvalue weighted by atomic mass is 10.1. The lowest BCUT2D eigenvalue weighted by Gasteiger charge is -2.24. The van der Waals surface area contributed by atoms with Gasteiger partial charge in [0.25, 0.3) is 11.8 Å². The number of rotatable bonds is 9. The molecule has 2 aliphatic rings. The topological polar surface area (TPSA) is 91.8 Å². The predicted octanol–water partition coefficient (Wildman–Crippen LogP) is 5.23. The van der Waals surface area contributed by atoms with Gasteiger partial charge in [-0.25, -0.2) is 4.98 Å². The van der Waals surface area contributed by atoms with Crippen molar-refractivity contribution < 1.29 is 19.1 Å². The van der Waals surface area contributed by atoms with Gasteiger partial charge >= 0.3 is 0 Å². The highest BCUT2D eigenvalue weighted by Crippen LogP contribution is 2.42. The molecule has 208 valence electrons. The summed E-state index contributed by atoms with van der Waals surface area (Å²) >= 11 is 1.49. The van der Waals surface area contributed by atoms with E-state index in [2.05, 4.69) is 5.32 Å². The molecule has 8 nitrogen and oxygen atoms in total. The Morgan fingerprint density at radius 2 is 1.90 bits per heavy atom. The number of pyridine rings is 1. The number of benzene rings is 2. The fraction of sp³-hybridized carbons (Fsp3) is 0.250. The molecule has 41 heavy (non-hydrogen) atoms. The number of aromatic nitrogens is 1. The van der Waals surface area contributed by atoms with E-state index in [1.807, 2.05) is 60.5 Å². The molecule has 1 saturated carbocycles. The number of anilines is 2. The summed E-state index contributed by atoms with van der Waals surface area (Å²) in [5.74, 6) is 0.999. The molecule has 3 heterocycles. The summed E-state index contributed by atoms with van der Waals surface area (Å²) in [6.45, 7) is 1.35. The van der Waals surface area contributed by atoms with E-state index in [4.69, 9.17) is 9.72 Å². The third-order valence-electron chi connectivity index (χ3n) is 7.31. The van der Waals surface area contributed by atoms with Gasteiger partial charge in [0.2, 0.25) is 0 Å². The quantitative estimate of drug-likeness (QED) is 0.279. The summed E-state index contributed by atoms with van der Waals surface area (Å²) < 4.78 is 5.81. The number of carbonyl (C=O) groups excluding carboxylic acids is 3. The first-order valence-electron chi connectivity index (χ1n) is 13.7. The number of nitrogens with one attached hydrogen (secondary N) is 1. The van der Waals surface area contributed by atoms with Crippen LogP contribution in [0.25, 0.3) is 10.4 Å². The number of aldehydes is 1.